The number of fused-ring (bicyclic) bond motifs is 1. The van der Waals surface area contributed by atoms with Gasteiger partial charge in [-0.1, -0.05) is 23.7 Å². The molecule has 1 aliphatic carbocycles. The van der Waals surface area contributed by atoms with Crippen molar-refractivity contribution in [2.45, 2.75) is 24.8 Å². The number of hydrogen-bond acceptors (Lipinski definition) is 5. The van der Waals surface area contributed by atoms with Crippen molar-refractivity contribution >= 4 is 33.8 Å². The van der Waals surface area contributed by atoms with Gasteiger partial charge in [0.15, 0.2) is 4.96 Å². The fraction of sp³-hybridized carbons (Fsp3) is 0.429. The molecule has 29 heavy (non-hydrogen) atoms. The molecule has 1 saturated carbocycles. The summed E-state index contributed by atoms with van der Waals surface area (Å²) in [6, 6.07) is 7.95. The van der Waals surface area contributed by atoms with Gasteiger partial charge in [0, 0.05) is 42.2 Å². The van der Waals surface area contributed by atoms with Crippen molar-refractivity contribution in [3.63, 3.8) is 0 Å². The molecule has 1 atom stereocenters. The van der Waals surface area contributed by atoms with Crippen molar-refractivity contribution in [1.82, 2.24) is 19.6 Å². The van der Waals surface area contributed by atoms with Crippen LogP contribution in [0, 0.1) is 0 Å². The lowest BCUT2D eigenvalue weighted by atomic mass is 10.0. The molecule has 1 amide bonds. The molecule has 8 heteroatoms. The van der Waals surface area contributed by atoms with Crippen molar-refractivity contribution in [2.24, 2.45) is 0 Å². The third-order valence-electron chi connectivity index (χ3n) is 5.64. The second-order valence-electron chi connectivity index (χ2n) is 7.60. The Balaban J connectivity index is 1.39. The van der Waals surface area contributed by atoms with Crippen molar-refractivity contribution < 1.29 is 9.53 Å². The summed E-state index contributed by atoms with van der Waals surface area (Å²) < 4.78 is 7.44. The Bertz CT molecular complexity index is 1020. The van der Waals surface area contributed by atoms with Gasteiger partial charge in [-0.3, -0.25) is 14.1 Å². The van der Waals surface area contributed by atoms with Gasteiger partial charge >= 0.3 is 0 Å². The van der Waals surface area contributed by atoms with Crippen LogP contribution in [0.3, 0.4) is 0 Å². The van der Waals surface area contributed by atoms with E-state index < -0.39 is 0 Å². The van der Waals surface area contributed by atoms with Crippen LogP contribution in [-0.2, 0) is 4.74 Å². The Kier molecular flexibility index (Phi) is 5.30. The van der Waals surface area contributed by atoms with Crippen LogP contribution in [0.5, 0.6) is 0 Å². The topological polar surface area (TPSA) is 58.9 Å². The first-order valence-corrected chi connectivity index (χ1v) is 11.3. The van der Waals surface area contributed by atoms with Gasteiger partial charge in [0.05, 0.1) is 24.9 Å². The number of halogens is 1. The molecule has 0 radical (unpaired) electrons. The monoisotopic (exact) mass is 430 g/mol. The van der Waals surface area contributed by atoms with Crippen molar-refractivity contribution in [3.05, 3.63) is 57.8 Å². The summed E-state index contributed by atoms with van der Waals surface area (Å²) in [7, 11) is 0. The van der Waals surface area contributed by atoms with Crippen LogP contribution < -0.4 is 5.32 Å². The molecular formula is C21H23ClN4O2S. The van der Waals surface area contributed by atoms with Crippen LogP contribution in [0.1, 0.15) is 46.5 Å². The van der Waals surface area contributed by atoms with Gasteiger partial charge < -0.3 is 10.1 Å². The summed E-state index contributed by atoms with van der Waals surface area (Å²) in [6.45, 7) is 3.59. The highest BCUT2D eigenvalue weighted by atomic mass is 35.5. The van der Waals surface area contributed by atoms with Crippen LogP contribution in [0.2, 0.25) is 5.02 Å². The second kappa shape index (κ2) is 8.07. The van der Waals surface area contributed by atoms with Crippen LogP contribution in [0.15, 0.2) is 35.8 Å². The summed E-state index contributed by atoms with van der Waals surface area (Å²) in [5.41, 5.74) is 2.74. The van der Waals surface area contributed by atoms with E-state index in [1.165, 1.54) is 0 Å². The molecule has 6 nitrogen and oxygen atoms in total. The molecule has 1 unspecified atom stereocenters. The Hall–Kier alpha value is -1.93. The van der Waals surface area contributed by atoms with Crippen LogP contribution >= 0.6 is 22.9 Å². The number of amides is 1. The Morgan fingerprint density at radius 2 is 2.17 bits per heavy atom. The number of carbonyl (C=O) groups is 1. The molecule has 1 N–H and O–H groups in total. The molecule has 1 aromatic carbocycles. The van der Waals surface area contributed by atoms with E-state index in [1.807, 2.05) is 34.2 Å². The van der Waals surface area contributed by atoms with Crippen molar-refractivity contribution in [1.29, 1.82) is 0 Å². The zero-order valence-electron chi connectivity index (χ0n) is 16.0. The third kappa shape index (κ3) is 3.92. The normalized spacial score (nSPS) is 18.8. The molecule has 152 valence electrons. The summed E-state index contributed by atoms with van der Waals surface area (Å²) in [5.74, 6) is 0.365. The van der Waals surface area contributed by atoms with Gasteiger partial charge in [-0.15, -0.1) is 11.3 Å². The number of imidazole rings is 1. The predicted molar refractivity (Wildman–Crippen MR) is 114 cm³/mol. The maximum Gasteiger partial charge on any atom is 0.270 e. The lowest BCUT2D eigenvalue weighted by Gasteiger charge is -2.35. The van der Waals surface area contributed by atoms with Crippen LogP contribution in [0.25, 0.3) is 4.96 Å². The number of nitrogens with one attached hydrogen (secondary N) is 1. The fourth-order valence-electron chi connectivity index (χ4n) is 4.00. The van der Waals surface area contributed by atoms with E-state index in [0.717, 1.165) is 42.1 Å². The number of nitrogens with zero attached hydrogens (tertiary/aromatic N) is 3. The highest BCUT2D eigenvalue weighted by Gasteiger charge is 2.33. The van der Waals surface area contributed by atoms with Gasteiger partial charge in [0.2, 0.25) is 0 Å². The first-order valence-electron chi connectivity index (χ1n) is 10.0. The number of carbonyl (C=O) groups excluding carboxylic acids is 1. The van der Waals surface area contributed by atoms with Crippen LogP contribution in [0.4, 0.5) is 0 Å². The van der Waals surface area contributed by atoms with Crippen molar-refractivity contribution in [2.75, 3.05) is 32.8 Å². The molecule has 3 aromatic rings. The zero-order chi connectivity index (χ0) is 19.8. The Morgan fingerprint density at radius 3 is 2.93 bits per heavy atom. The van der Waals surface area contributed by atoms with Gasteiger partial charge in [0.25, 0.3) is 5.91 Å². The number of rotatable bonds is 6. The number of aromatic nitrogens is 2. The number of thiazole rings is 1. The van der Waals surface area contributed by atoms with Gasteiger partial charge in [-0.2, -0.15) is 0 Å². The minimum Gasteiger partial charge on any atom is -0.379 e. The second-order valence-corrected chi connectivity index (χ2v) is 8.91. The van der Waals surface area contributed by atoms with Gasteiger partial charge in [-0.05, 0) is 30.5 Å². The Labute approximate surface area is 178 Å². The smallest absolute Gasteiger partial charge is 0.270 e. The van der Waals surface area contributed by atoms with E-state index in [2.05, 4.69) is 16.3 Å². The summed E-state index contributed by atoms with van der Waals surface area (Å²) in [5, 5.41) is 5.86. The lowest BCUT2D eigenvalue weighted by molar-refractivity contribution is 0.0162. The van der Waals surface area contributed by atoms with E-state index in [-0.39, 0.29) is 11.9 Å². The van der Waals surface area contributed by atoms with E-state index in [0.29, 0.717) is 36.4 Å². The molecule has 2 aliphatic rings. The molecule has 5 rings (SSSR count). The largest absolute Gasteiger partial charge is 0.379 e. The molecule has 0 spiro atoms. The number of morpholine rings is 1. The quantitative estimate of drug-likeness (QED) is 0.647. The van der Waals surface area contributed by atoms with E-state index >= 15 is 0 Å². The molecule has 2 fully saturated rings. The third-order valence-corrected chi connectivity index (χ3v) is 6.64. The number of ether oxygens (including phenoxy) is 1. The number of benzene rings is 1. The first kappa shape index (κ1) is 19.1. The highest BCUT2D eigenvalue weighted by molar-refractivity contribution is 7.15. The van der Waals surface area contributed by atoms with Crippen molar-refractivity contribution in [3.8, 4) is 0 Å². The van der Waals surface area contributed by atoms with E-state index in [1.54, 1.807) is 11.3 Å². The maximum atomic E-state index is 13.2. The molecular weight excluding hydrogens is 408 g/mol. The molecule has 1 aliphatic heterocycles. The lowest BCUT2D eigenvalue weighted by Crippen LogP contribution is -2.44. The fourth-order valence-corrected chi connectivity index (χ4v) is 4.92. The average molecular weight is 431 g/mol. The summed E-state index contributed by atoms with van der Waals surface area (Å²) in [6.07, 6.45) is 4.16. The van der Waals surface area contributed by atoms with E-state index in [4.69, 9.17) is 21.3 Å². The Morgan fingerprint density at radius 1 is 1.34 bits per heavy atom. The van der Waals surface area contributed by atoms with Gasteiger partial charge in [0.1, 0.15) is 5.69 Å². The van der Waals surface area contributed by atoms with Crippen LogP contribution in [-0.4, -0.2) is 53.0 Å². The minimum atomic E-state index is -0.0573. The molecule has 2 aromatic heterocycles. The average Bonchev–Trinajstić information content (AvgIpc) is 3.37. The standard InChI is InChI=1S/C21H23ClN4O2S/c22-16-3-1-2-15(12-16)17(25-6-9-28-10-7-25)13-23-20(27)19-18(14-4-5-14)24-21-26(19)8-11-29-21/h1-3,8,11-12,14,17H,4-7,9-10,13H2,(H,23,27). The highest BCUT2D eigenvalue weighted by Crippen LogP contribution is 2.41. The molecule has 3 heterocycles. The number of hydrogen-bond donors (Lipinski definition) is 1. The first-order chi connectivity index (χ1) is 14.2. The molecule has 1 saturated heterocycles. The summed E-state index contributed by atoms with van der Waals surface area (Å²) >= 11 is 7.81. The summed E-state index contributed by atoms with van der Waals surface area (Å²) in [4.78, 5) is 21.2. The predicted octanol–water partition coefficient (Wildman–Crippen LogP) is 3.73. The van der Waals surface area contributed by atoms with E-state index in [9.17, 15) is 4.79 Å². The maximum absolute atomic E-state index is 13.2. The molecule has 0 bridgehead atoms. The SMILES string of the molecule is O=C(NCC(c1cccc(Cl)c1)N1CCOCC1)c1c(C2CC2)nc2sccn12. The van der Waals surface area contributed by atoms with Gasteiger partial charge in [-0.25, -0.2) is 4.98 Å². The zero-order valence-corrected chi connectivity index (χ0v) is 17.6. The minimum absolute atomic E-state index is 0.0526.